The summed E-state index contributed by atoms with van der Waals surface area (Å²) in [6.07, 6.45) is 0. The molecule has 0 spiro atoms. The molecule has 1 aromatic carbocycles. The number of nitrogens with one attached hydrogen (secondary N) is 1. The second-order valence-electron chi connectivity index (χ2n) is 5.78. The summed E-state index contributed by atoms with van der Waals surface area (Å²) in [5.74, 6) is 0.984. The smallest absolute Gasteiger partial charge is 0.275 e. The Hall–Kier alpha value is -2.19. The highest BCUT2D eigenvalue weighted by molar-refractivity contribution is 7.99. The average Bonchev–Trinajstić information content (AvgIpc) is 3.01. The van der Waals surface area contributed by atoms with Gasteiger partial charge in [0, 0.05) is 23.4 Å². The Labute approximate surface area is 153 Å². The van der Waals surface area contributed by atoms with E-state index in [1.165, 1.54) is 33.7 Å². The Balaban J connectivity index is 1.61. The van der Waals surface area contributed by atoms with Crippen LogP contribution < -0.4 is 10.9 Å². The van der Waals surface area contributed by atoms with E-state index in [1.54, 1.807) is 0 Å². The molecule has 1 N–H and O–H groups in total. The third kappa shape index (κ3) is 4.46. The minimum absolute atomic E-state index is 0.0751. The first-order valence-electron chi connectivity index (χ1n) is 7.85. The molecule has 0 atom stereocenters. The first-order valence-corrected chi connectivity index (χ1v) is 9.82. The van der Waals surface area contributed by atoms with E-state index in [1.807, 2.05) is 44.2 Å². The highest BCUT2D eigenvalue weighted by Gasteiger charge is 2.12. The van der Waals surface area contributed by atoms with Gasteiger partial charge in [0.15, 0.2) is 0 Å². The monoisotopic (exact) mass is 374 g/mol. The molecule has 0 radical (unpaired) electrons. The van der Waals surface area contributed by atoms with E-state index < -0.39 is 0 Å². The van der Waals surface area contributed by atoms with E-state index in [4.69, 9.17) is 0 Å². The molecule has 2 heterocycles. The van der Waals surface area contributed by atoms with E-state index >= 15 is 0 Å². The molecule has 0 saturated carbocycles. The predicted octanol–water partition coefficient (Wildman–Crippen LogP) is 3.15. The molecule has 0 aliphatic heterocycles. The summed E-state index contributed by atoms with van der Waals surface area (Å²) in [6.45, 7) is 4.07. The van der Waals surface area contributed by atoms with E-state index in [0.29, 0.717) is 22.2 Å². The van der Waals surface area contributed by atoms with Crippen molar-refractivity contribution >= 4 is 39.7 Å². The van der Waals surface area contributed by atoms with Gasteiger partial charge in [-0.2, -0.15) is 9.61 Å². The van der Waals surface area contributed by atoms with Crippen LogP contribution in [0, 0.1) is 0 Å². The molecule has 25 heavy (non-hydrogen) atoms. The van der Waals surface area contributed by atoms with Gasteiger partial charge in [0.1, 0.15) is 5.01 Å². The summed E-state index contributed by atoms with van der Waals surface area (Å²) in [5, 5.41) is 8.01. The summed E-state index contributed by atoms with van der Waals surface area (Å²) in [5.41, 5.74) is 1.26. The lowest BCUT2D eigenvalue weighted by molar-refractivity contribution is -0.113. The normalized spacial score (nSPS) is 11.2. The van der Waals surface area contributed by atoms with Crippen molar-refractivity contribution in [1.29, 1.82) is 0 Å². The first kappa shape index (κ1) is 17.6. The minimum Gasteiger partial charge on any atom is -0.325 e. The van der Waals surface area contributed by atoms with Gasteiger partial charge >= 0.3 is 0 Å². The number of aromatic nitrogens is 3. The zero-order chi connectivity index (χ0) is 17.8. The van der Waals surface area contributed by atoms with Crippen LogP contribution in [-0.4, -0.2) is 26.3 Å². The maximum atomic E-state index is 12.2. The standard InChI is InChI=1S/C17H18N4O2S2/c1-11(2)16-20-21-15(23)8-13(19-17(21)25-16)9-24-10-14(22)18-12-6-4-3-5-7-12/h3-8,11H,9-10H2,1-2H3,(H,18,22). The van der Waals surface area contributed by atoms with Crippen LogP contribution in [0.3, 0.4) is 0 Å². The number of thioether (sulfide) groups is 1. The Bertz CT molecular complexity index is 935. The van der Waals surface area contributed by atoms with Gasteiger partial charge in [-0.05, 0) is 12.1 Å². The topological polar surface area (TPSA) is 76.4 Å². The second kappa shape index (κ2) is 7.79. The zero-order valence-corrected chi connectivity index (χ0v) is 15.6. The molecular formula is C17H18N4O2S2. The molecule has 0 bridgehead atoms. The highest BCUT2D eigenvalue weighted by Crippen LogP contribution is 2.20. The summed E-state index contributed by atoms with van der Waals surface area (Å²) < 4.78 is 1.34. The van der Waals surface area contributed by atoms with Crippen molar-refractivity contribution in [2.75, 3.05) is 11.1 Å². The van der Waals surface area contributed by atoms with Crippen molar-refractivity contribution in [3.05, 3.63) is 57.5 Å². The quantitative estimate of drug-likeness (QED) is 0.717. The molecule has 130 valence electrons. The maximum Gasteiger partial charge on any atom is 0.275 e. The number of nitrogens with zero attached hydrogens (tertiary/aromatic N) is 3. The van der Waals surface area contributed by atoms with Crippen molar-refractivity contribution in [1.82, 2.24) is 14.6 Å². The molecule has 6 nitrogen and oxygen atoms in total. The largest absolute Gasteiger partial charge is 0.325 e. The molecule has 2 aromatic heterocycles. The van der Waals surface area contributed by atoms with Gasteiger partial charge in [-0.3, -0.25) is 9.59 Å². The number of benzene rings is 1. The van der Waals surface area contributed by atoms with Gasteiger partial charge in [-0.15, -0.1) is 11.8 Å². The van der Waals surface area contributed by atoms with Gasteiger partial charge in [-0.25, -0.2) is 4.98 Å². The van der Waals surface area contributed by atoms with Gasteiger partial charge in [0.25, 0.3) is 5.56 Å². The van der Waals surface area contributed by atoms with Crippen molar-refractivity contribution in [2.45, 2.75) is 25.5 Å². The predicted molar refractivity (Wildman–Crippen MR) is 102 cm³/mol. The van der Waals surface area contributed by atoms with Crippen LogP contribution in [0.5, 0.6) is 0 Å². The van der Waals surface area contributed by atoms with Crippen LogP contribution in [-0.2, 0) is 10.5 Å². The summed E-state index contributed by atoms with van der Waals surface area (Å²) >= 11 is 2.85. The van der Waals surface area contributed by atoms with Crippen molar-refractivity contribution in [2.24, 2.45) is 0 Å². The summed E-state index contributed by atoms with van der Waals surface area (Å²) in [7, 11) is 0. The summed E-state index contributed by atoms with van der Waals surface area (Å²) in [4.78, 5) is 29.2. The highest BCUT2D eigenvalue weighted by atomic mass is 32.2. The van der Waals surface area contributed by atoms with Crippen LogP contribution in [0.1, 0.15) is 30.5 Å². The first-order chi connectivity index (χ1) is 12.0. The minimum atomic E-state index is -0.183. The zero-order valence-electron chi connectivity index (χ0n) is 13.9. The molecule has 0 saturated heterocycles. The number of hydrogen-bond acceptors (Lipinski definition) is 6. The molecule has 0 aliphatic rings. The van der Waals surface area contributed by atoms with Gasteiger partial charge < -0.3 is 5.32 Å². The number of anilines is 1. The van der Waals surface area contributed by atoms with Crippen LogP contribution >= 0.6 is 23.1 Å². The van der Waals surface area contributed by atoms with Gasteiger partial charge in [0.05, 0.1) is 11.4 Å². The number of hydrogen-bond donors (Lipinski definition) is 1. The van der Waals surface area contributed by atoms with Crippen molar-refractivity contribution < 1.29 is 4.79 Å². The van der Waals surface area contributed by atoms with E-state index in [-0.39, 0.29) is 17.4 Å². The lowest BCUT2D eigenvalue weighted by atomic mass is 10.2. The van der Waals surface area contributed by atoms with Gasteiger partial charge in [0.2, 0.25) is 10.9 Å². The van der Waals surface area contributed by atoms with E-state index in [9.17, 15) is 9.59 Å². The van der Waals surface area contributed by atoms with Crippen LogP contribution in [0.25, 0.3) is 4.96 Å². The molecule has 3 rings (SSSR count). The number of rotatable bonds is 6. The lowest BCUT2D eigenvalue weighted by Crippen LogP contribution is -2.16. The Kier molecular flexibility index (Phi) is 5.50. The molecule has 1 amide bonds. The van der Waals surface area contributed by atoms with Crippen molar-refractivity contribution in [3.63, 3.8) is 0 Å². The molecule has 0 fully saturated rings. The maximum absolute atomic E-state index is 12.2. The fourth-order valence-corrected chi connectivity index (χ4v) is 3.79. The second-order valence-corrected chi connectivity index (χ2v) is 7.76. The Morgan fingerprint density at radius 2 is 2.08 bits per heavy atom. The molecule has 0 aliphatic carbocycles. The molecule has 8 heteroatoms. The Morgan fingerprint density at radius 1 is 1.32 bits per heavy atom. The third-order valence-corrected chi connectivity index (χ3v) is 5.52. The number of para-hydroxylation sites is 1. The SMILES string of the molecule is CC(C)c1nn2c(=O)cc(CSCC(=O)Nc3ccccc3)nc2s1. The van der Waals surface area contributed by atoms with Gasteiger partial charge in [-0.1, -0.05) is 43.4 Å². The number of carbonyl (C=O) groups is 1. The lowest BCUT2D eigenvalue weighted by Gasteiger charge is -2.04. The third-order valence-electron chi connectivity index (χ3n) is 3.35. The fraction of sp³-hybridized carbons (Fsp3) is 0.294. The van der Waals surface area contributed by atoms with Crippen LogP contribution in [0.15, 0.2) is 41.2 Å². The average molecular weight is 374 g/mol. The number of amides is 1. The van der Waals surface area contributed by atoms with Crippen molar-refractivity contribution in [3.8, 4) is 0 Å². The van der Waals surface area contributed by atoms with Crippen LogP contribution in [0.2, 0.25) is 0 Å². The van der Waals surface area contributed by atoms with E-state index in [2.05, 4.69) is 15.4 Å². The van der Waals surface area contributed by atoms with Crippen LogP contribution in [0.4, 0.5) is 5.69 Å². The number of carbonyl (C=O) groups excluding carboxylic acids is 1. The Morgan fingerprint density at radius 3 is 2.80 bits per heavy atom. The molecule has 3 aromatic rings. The van der Waals surface area contributed by atoms with E-state index in [0.717, 1.165) is 10.7 Å². The number of fused-ring (bicyclic) bond motifs is 1. The fourth-order valence-electron chi connectivity index (χ4n) is 2.15. The summed E-state index contributed by atoms with van der Waals surface area (Å²) in [6, 6.07) is 10.8. The molecule has 0 unspecified atom stereocenters. The molecular weight excluding hydrogens is 356 g/mol.